The van der Waals surface area contributed by atoms with E-state index in [-0.39, 0.29) is 23.7 Å². The van der Waals surface area contributed by atoms with Crippen molar-refractivity contribution in [1.29, 1.82) is 0 Å². The smallest absolute Gasteiger partial charge is 0.298 e. The average Bonchev–Trinajstić information content (AvgIpc) is 3.53. The molecule has 0 bridgehead atoms. The van der Waals surface area contributed by atoms with E-state index in [9.17, 15) is 9.59 Å². The second-order valence-corrected chi connectivity index (χ2v) is 9.60. The molecule has 3 N–H and O–H groups in total. The number of carbonyl (C=O) groups is 2. The zero-order valence-corrected chi connectivity index (χ0v) is 20.9. The molecule has 10 nitrogen and oxygen atoms in total. The highest BCUT2D eigenvalue weighted by Gasteiger charge is 2.31. The normalized spacial score (nSPS) is 16.8. The molecule has 2 fully saturated rings. The van der Waals surface area contributed by atoms with Crippen LogP contribution in [-0.4, -0.2) is 54.1 Å². The van der Waals surface area contributed by atoms with Crippen LogP contribution in [0.15, 0.2) is 48.9 Å². The van der Waals surface area contributed by atoms with Gasteiger partial charge in [-0.25, -0.2) is 24.3 Å². The molecule has 1 aliphatic carbocycles. The van der Waals surface area contributed by atoms with Crippen LogP contribution in [0.1, 0.15) is 59.6 Å². The van der Waals surface area contributed by atoms with Gasteiger partial charge >= 0.3 is 0 Å². The maximum atomic E-state index is 12.9. The molecule has 4 heterocycles. The molecule has 4 aromatic rings. The van der Waals surface area contributed by atoms with Crippen LogP contribution < -0.4 is 11.1 Å². The molecular weight excluding hydrogens is 480 g/mol. The van der Waals surface area contributed by atoms with Gasteiger partial charge in [0.25, 0.3) is 11.8 Å². The van der Waals surface area contributed by atoms with Gasteiger partial charge in [0, 0.05) is 36.3 Å². The molecular formula is C28H26N8O2. The molecule has 6 rings (SSSR count). The van der Waals surface area contributed by atoms with E-state index < -0.39 is 0 Å². The van der Waals surface area contributed by atoms with E-state index in [0.29, 0.717) is 41.9 Å². The van der Waals surface area contributed by atoms with Crippen molar-refractivity contribution in [1.82, 2.24) is 29.2 Å². The number of benzene rings is 1. The Morgan fingerprint density at radius 3 is 2.63 bits per heavy atom. The van der Waals surface area contributed by atoms with Gasteiger partial charge in [0.05, 0.1) is 5.69 Å². The van der Waals surface area contributed by atoms with Gasteiger partial charge in [-0.3, -0.25) is 9.59 Å². The SMILES string of the molecule is CC#CC(=O)N1CCC(c2nc(-c3ccc(C(=O)Nc4cc(C5CC5)ccn4)cc3)n3c(N)ncnc23)C1. The van der Waals surface area contributed by atoms with Crippen LogP contribution in [0.3, 0.4) is 0 Å². The molecule has 38 heavy (non-hydrogen) atoms. The van der Waals surface area contributed by atoms with Crippen LogP contribution in [0, 0.1) is 11.8 Å². The second-order valence-electron chi connectivity index (χ2n) is 9.60. The molecule has 1 unspecified atom stereocenters. The van der Waals surface area contributed by atoms with Crippen LogP contribution in [0.25, 0.3) is 17.0 Å². The molecule has 1 saturated carbocycles. The lowest BCUT2D eigenvalue weighted by Crippen LogP contribution is -2.27. The minimum Gasteiger partial charge on any atom is -0.369 e. The highest BCUT2D eigenvalue weighted by atomic mass is 16.2. The first-order valence-corrected chi connectivity index (χ1v) is 12.6. The van der Waals surface area contributed by atoms with Gasteiger partial charge in [0.15, 0.2) is 5.65 Å². The first kappa shape index (κ1) is 23.6. The van der Waals surface area contributed by atoms with E-state index in [4.69, 9.17) is 10.7 Å². The van der Waals surface area contributed by atoms with E-state index in [0.717, 1.165) is 17.7 Å². The Morgan fingerprint density at radius 1 is 1.05 bits per heavy atom. The lowest BCUT2D eigenvalue weighted by molar-refractivity contribution is -0.124. The summed E-state index contributed by atoms with van der Waals surface area (Å²) in [6.45, 7) is 2.77. The lowest BCUT2D eigenvalue weighted by atomic mass is 10.1. The number of pyridine rings is 1. The van der Waals surface area contributed by atoms with Crippen LogP contribution in [-0.2, 0) is 4.79 Å². The topological polar surface area (TPSA) is 131 Å². The summed E-state index contributed by atoms with van der Waals surface area (Å²) in [4.78, 5) is 44.7. The van der Waals surface area contributed by atoms with Gasteiger partial charge in [-0.2, -0.15) is 0 Å². The number of nitrogen functional groups attached to an aromatic ring is 1. The Bertz CT molecular complexity index is 1610. The molecule has 1 aliphatic heterocycles. The molecule has 1 atom stereocenters. The van der Waals surface area contributed by atoms with Crippen LogP contribution in [0.5, 0.6) is 0 Å². The number of nitrogens with two attached hydrogens (primary N) is 1. The van der Waals surface area contributed by atoms with Crippen molar-refractivity contribution in [2.24, 2.45) is 0 Å². The first-order chi connectivity index (χ1) is 18.5. The minimum absolute atomic E-state index is 0.000361. The number of amides is 2. The van der Waals surface area contributed by atoms with Crippen molar-refractivity contribution in [3.63, 3.8) is 0 Å². The second kappa shape index (κ2) is 9.59. The van der Waals surface area contributed by atoms with E-state index in [2.05, 4.69) is 32.1 Å². The number of hydrogen-bond donors (Lipinski definition) is 2. The van der Waals surface area contributed by atoms with Crippen molar-refractivity contribution in [3.8, 4) is 23.2 Å². The number of likely N-dealkylation sites (tertiary alicyclic amines) is 1. The Labute approximate surface area is 219 Å². The van der Waals surface area contributed by atoms with Gasteiger partial charge in [0.1, 0.15) is 18.0 Å². The minimum atomic E-state index is -0.237. The zero-order valence-electron chi connectivity index (χ0n) is 20.9. The zero-order chi connectivity index (χ0) is 26.2. The van der Waals surface area contributed by atoms with E-state index in [1.54, 1.807) is 34.6 Å². The molecule has 2 amide bonds. The molecule has 2 aliphatic rings. The Balaban J connectivity index is 1.26. The fraction of sp³-hybridized carbons (Fsp3) is 0.286. The van der Waals surface area contributed by atoms with Crippen molar-refractivity contribution in [3.05, 3.63) is 65.7 Å². The number of hydrogen-bond acceptors (Lipinski definition) is 7. The number of nitrogens with one attached hydrogen (secondary N) is 1. The number of nitrogens with zero attached hydrogens (tertiary/aromatic N) is 6. The summed E-state index contributed by atoms with van der Waals surface area (Å²) in [5, 5.41) is 2.89. The first-order valence-electron chi connectivity index (χ1n) is 12.6. The van der Waals surface area contributed by atoms with Crippen molar-refractivity contribution in [2.45, 2.75) is 38.0 Å². The highest BCUT2D eigenvalue weighted by molar-refractivity contribution is 6.04. The third kappa shape index (κ3) is 4.43. The highest BCUT2D eigenvalue weighted by Crippen LogP contribution is 2.40. The predicted molar refractivity (Wildman–Crippen MR) is 142 cm³/mol. The number of rotatable bonds is 5. The summed E-state index contributed by atoms with van der Waals surface area (Å²) < 4.78 is 1.72. The summed E-state index contributed by atoms with van der Waals surface area (Å²) in [7, 11) is 0. The number of imidazole rings is 1. The van der Waals surface area contributed by atoms with Crippen LogP contribution >= 0.6 is 0 Å². The summed E-state index contributed by atoms with van der Waals surface area (Å²) >= 11 is 0. The van der Waals surface area contributed by atoms with E-state index in [1.165, 1.54) is 24.7 Å². The Morgan fingerprint density at radius 2 is 1.87 bits per heavy atom. The molecule has 190 valence electrons. The monoisotopic (exact) mass is 506 g/mol. The third-order valence-corrected chi connectivity index (χ3v) is 7.05. The van der Waals surface area contributed by atoms with Gasteiger partial charge in [-0.1, -0.05) is 18.1 Å². The summed E-state index contributed by atoms with van der Waals surface area (Å²) in [6.07, 6.45) is 6.27. The quantitative estimate of drug-likeness (QED) is 0.397. The van der Waals surface area contributed by atoms with Crippen molar-refractivity contribution >= 4 is 29.2 Å². The molecule has 1 saturated heterocycles. The molecule has 0 spiro atoms. The molecule has 10 heteroatoms. The van der Waals surface area contributed by atoms with E-state index in [1.807, 2.05) is 24.3 Å². The molecule has 3 aromatic heterocycles. The summed E-state index contributed by atoms with van der Waals surface area (Å²) in [5.74, 6) is 6.82. The van der Waals surface area contributed by atoms with Crippen LogP contribution in [0.4, 0.5) is 11.8 Å². The molecule has 0 radical (unpaired) electrons. The summed E-state index contributed by atoms with van der Waals surface area (Å²) in [6, 6.07) is 11.1. The Hall–Kier alpha value is -4.78. The summed E-state index contributed by atoms with van der Waals surface area (Å²) in [5.41, 5.74) is 10.1. The largest absolute Gasteiger partial charge is 0.369 e. The van der Waals surface area contributed by atoms with Gasteiger partial charge in [0.2, 0.25) is 5.95 Å². The van der Waals surface area contributed by atoms with Crippen molar-refractivity contribution in [2.75, 3.05) is 24.1 Å². The predicted octanol–water partition coefficient (Wildman–Crippen LogP) is 3.24. The molecule has 1 aromatic carbocycles. The maximum Gasteiger partial charge on any atom is 0.298 e. The van der Waals surface area contributed by atoms with Crippen molar-refractivity contribution < 1.29 is 9.59 Å². The van der Waals surface area contributed by atoms with E-state index >= 15 is 0 Å². The fourth-order valence-corrected chi connectivity index (χ4v) is 4.94. The van der Waals surface area contributed by atoms with Gasteiger partial charge in [-0.05, 0) is 67.9 Å². The maximum absolute atomic E-state index is 12.9. The number of fused-ring (bicyclic) bond motifs is 1. The third-order valence-electron chi connectivity index (χ3n) is 7.05. The van der Waals surface area contributed by atoms with Gasteiger partial charge in [-0.15, -0.1) is 0 Å². The number of carbonyl (C=O) groups excluding carboxylic acids is 2. The average molecular weight is 507 g/mol. The fourth-order valence-electron chi connectivity index (χ4n) is 4.94. The standard InChI is InChI=1S/C28H26N8O2/c1-2-3-23(37)35-13-11-21(15-35)24-26-31-16-32-28(29)36(26)25(34-24)18-6-8-19(9-7-18)27(38)33-22-14-20(10-12-30-22)17-4-5-17/h6-10,12,14,16-17,21H,4-5,11,13,15H2,1H3,(H2,29,31,32)(H,30,33,38). The van der Waals surface area contributed by atoms with Gasteiger partial charge < -0.3 is 16.0 Å². The van der Waals surface area contributed by atoms with Crippen LogP contribution in [0.2, 0.25) is 0 Å². The number of aromatic nitrogens is 5. The number of anilines is 2. The Kier molecular flexibility index (Phi) is 5.96. The lowest BCUT2D eigenvalue weighted by Gasteiger charge is -2.12.